The van der Waals surface area contributed by atoms with Crippen molar-refractivity contribution in [1.29, 1.82) is 0 Å². The second kappa shape index (κ2) is 6.56. The molecule has 1 saturated carbocycles. The zero-order chi connectivity index (χ0) is 14.7. The Bertz CT molecular complexity index is 478. The molecule has 2 fully saturated rings. The Labute approximate surface area is 125 Å². The van der Waals surface area contributed by atoms with Crippen molar-refractivity contribution >= 4 is 5.91 Å². The lowest BCUT2D eigenvalue weighted by molar-refractivity contribution is -0.131. The zero-order valence-electron chi connectivity index (χ0n) is 12.4. The standard InChI is InChI=1S/C17H23FN2O/c18-15-5-3-13(4-6-15)10-17(21)20(16-7-8-16)12-14-2-1-9-19-11-14/h3-6,14,16,19H,1-2,7-12H2. The fourth-order valence-corrected chi connectivity index (χ4v) is 3.08. The van der Waals surface area contributed by atoms with Crippen molar-refractivity contribution in [2.75, 3.05) is 19.6 Å². The molecule has 3 rings (SSSR count). The van der Waals surface area contributed by atoms with Crippen LogP contribution in [0.5, 0.6) is 0 Å². The molecule has 2 aliphatic rings. The van der Waals surface area contributed by atoms with E-state index in [1.165, 1.54) is 25.0 Å². The molecule has 1 unspecified atom stereocenters. The quantitative estimate of drug-likeness (QED) is 0.903. The van der Waals surface area contributed by atoms with Crippen molar-refractivity contribution in [3.63, 3.8) is 0 Å². The number of piperidine rings is 1. The molecule has 0 aromatic heterocycles. The SMILES string of the molecule is O=C(Cc1ccc(F)cc1)N(CC1CCCNC1)C1CC1. The van der Waals surface area contributed by atoms with Gasteiger partial charge < -0.3 is 10.2 Å². The van der Waals surface area contributed by atoms with Crippen molar-refractivity contribution in [3.8, 4) is 0 Å². The number of benzene rings is 1. The lowest BCUT2D eigenvalue weighted by Crippen LogP contribution is -2.42. The van der Waals surface area contributed by atoms with E-state index in [-0.39, 0.29) is 11.7 Å². The average Bonchev–Trinajstić information content (AvgIpc) is 3.33. The molecule has 114 valence electrons. The van der Waals surface area contributed by atoms with Gasteiger partial charge in [-0.2, -0.15) is 0 Å². The van der Waals surface area contributed by atoms with Gasteiger partial charge in [0, 0.05) is 12.6 Å². The first-order valence-corrected chi connectivity index (χ1v) is 7.97. The Morgan fingerprint density at radius 2 is 2.00 bits per heavy atom. The number of nitrogens with one attached hydrogen (secondary N) is 1. The second-order valence-electron chi connectivity index (χ2n) is 6.29. The van der Waals surface area contributed by atoms with Crippen molar-refractivity contribution in [1.82, 2.24) is 10.2 Å². The van der Waals surface area contributed by atoms with E-state index in [0.29, 0.717) is 18.4 Å². The van der Waals surface area contributed by atoms with Crippen LogP contribution in [0.2, 0.25) is 0 Å². The van der Waals surface area contributed by atoms with Gasteiger partial charge in [0.1, 0.15) is 5.82 Å². The van der Waals surface area contributed by atoms with Crippen molar-refractivity contribution < 1.29 is 9.18 Å². The van der Waals surface area contributed by atoms with Crippen LogP contribution in [0.1, 0.15) is 31.2 Å². The highest BCUT2D eigenvalue weighted by Gasteiger charge is 2.34. The minimum absolute atomic E-state index is 0.190. The van der Waals surface area contributed by atoms with E-state index in [9.17, 15) is 9.18 Å². The smallest absolute Gasteiger partial charge is 0.227 e. The molecule has 1 aromatic rings. The van der Waals surface area contributed by atoms with Gasteiger partial charge in [-0.3, -0.25) is 4.79 Å². The second-order valence-corrected chi connectivity index (χ2v) is 6.29. The monoisotopic (exact) mass is 290 g/mol. The molecule has 1 heterocycles. The number of rotatable bonds is 5. The largest absolute Gasteiger partial charge is 0.339 e. The van der Waals surface area contributed by atoms with Crippen LogP contribution >= 0.6 is 0 Å². The molecule has 0 bridgehead atoms. The molecular weight excluding hydrogens is 267 g/mol. The number of carbonyl (C=O) groups is 1. The van der Waals surface area contributed by atoms with Gasteiger partial charge >= 0.3 is 0 Å². The first-order chi connectivity index (χ1) is 10.2. The Morgan fingerprint density at radius 3 is 2.62 bits per heavy atom. The number of hydrogen-bond acceptors (Lipinski definition) is 2. The Hall–Kier alpha value is -1.42. The average molecular weight is 290 g/mol. The summed E-state index contributed by atoms with van der Waals surface area (Å²) in [6, 6.07) is 6.71. The van der Waals surface area contributed by atoms with Crippen LogP contribution in [-0.4, -0.2) is 36.5 Å². The van der Waals surface area contributed by atoms with Gasteiger partial charge in [0.2, 0.25) is 5.91 Å². The molecule has 1 N–H and O–H groups in total. The number of carbonyl (C=O) groups excluding carboxylic acids is 1. The summed E-state index contributed by atoms with van der Waals surface area (Å²) in [6.45, 7) is 2.99. The lowest BCUT2D eigenvalue weighted by atomic mass is 9.98. The van der Waals surface area contributed by atoms with E-state index in [4.69, 9.17) is 0 Å². The van der Waals surface area contributed by atoms with Crippen LogP contribution in [0.3, 0.4) is 0 Å². The van der Waals surface area contributed by atoms with Gasteiger partial charge in [-0.1, -0.05) is 12.1 Å². The maximum Gasteiger partial charge on any atom is 0.227 e. The molecule has 1 aromatic carbocycles. The van der Waals surface area contributed by atoms with E-state index < -0.39 is 0 Å². The van der Waals surface area contributed by atoms with Gasteiger partial charge in [0.25, 0.3) is 0 Å². The number of amides is 1. The first-order valence-electron chi connectivity index (χ1n) is 7.97. The summed E-state index contributed by atoms with van der Waals surface area (Å²) < 4.78 is 12.9. The van der Waals surface area contributed by atoms with Crippen LogP contribution in [0, 0.1) is 11.7 Å². The topological polar surface area (TPSA) is 32.3 Å². The molecule has 4 heteroatoms. The lowest BCUT2D eigenvalue weighted by Gasteiger charge is -2.30. The summed E-state index contributed by atoms with van der Waals surface area (Å²) in [5.74, 6) is 0.518. The van der Waals surface area contributed by atoms with E-state index in [2.05, 4.69) is 10.2 Å². The highest BCUT2D eigenvalue weighted by atomic mass is 19.1. The molecule has 1 aliphatic carbocycles. The zero-order valence-corrected chi connectivity index (χ0v) is 12.4. The van der Waals surface area contributed by atoms with Gasteiger partial charge in [0.15, 0.2) is 0 Å². The number of halogens is 1. The summed E-state index contributed by atoms with van der Waals surface area (Å²) in [7, 11) is 0. The maximum absolute atomic E-state index is 12.9. The maximum atomic E-state index is 12.9. The fourth-order valence-electron chi connectivity index (χ4n) is 3.08. The predicted molar refractivity (Wildman–Crippen MR) is 80.4 cm³/mol. The minimum Gasteiger partial charge on any atom is -0.339 e. The van der Waals surface area contributed by atoms with Gasteiger partial charge in [-0.25, -0.2) is 4.39 Å². The Kier molecular flexibility index (Phi) is 4.54. The molecule has 3 nitrogen and oxygen atoms in total. The normalized spacial score (nSPS) is 22.0. The Morgan fingerprint density at radius 1 is 1.24 bits per heavy atom. The third kappa shape index (κ3) is 4.03. The van der Waals surface area contributed by atoms with Crippen LogP contribution in [0.25, 0.3) is 0 Å². The molecule has 0 spiro atoms. The minimum atomic E-state index is -0.251. The molecular formula is C17H23FN2O. The van der Waals surface area contributed by atoms with Crippen LogP contribution in [0.4, 0.5) is 4.39 Å². The number of nitrogens with zero attached hydrogens (tertiary/aromatic N) is 1. The summed E-state index contributed by atoms with van der Waals surface area (Å²) >= 11 is 0. The first kappa shape index (κ1) is 14.5. The van der Waals surface area contributed by atoms with Gasteiger partial charge in [-0.05, 0) is 62.4 Å². The van der Waals surface area contributed by atoms with Crippen LogP contribution in [0.15, 0.2) is 24.3 Å². The highest BCUT2D eigenvalue weighted by molar-refractivity contribution is 5.79. The van der Waals surface area contributed by atoms with E-state index in [0.717, 1.165) is 38.0 Å². The highest BCUT2D eigenvalue weighted by Crippen LogP contribution is 2.29. The number of hydrogen-bond donors (Lipinski definition) is 1. The van der Waals surface area contributed by atoms with Gasteiger partial charge in [-0.15, -0.1) is 0 Å². The predicted octanol–water partition coefficient (Wildman–Crippen LogP) is 2.36. The van der Waals surface area contributed by atoms with E-state index in [1.807, 2.05) is 0 Å². The molecule has 1 atom stereocenters. The fraction of sp³-hybridized carbons (Fsp3) is 0.588. The molecule has 1 aliphatic heterocycles. The third-order valence-electron chi connectivity index (χ3n) is 4.43. The van der Waals surface area contributed by atoms with Gasteiger partial charge in [0.05, 0.1) is 6.42 Å². The summed E-state index contributed by atoms with van der Waals surface area (Å²) in [5, 5.41) is 3.41. The van der Waals surface area contributed by atoms with Crippen LogP contribution < -0.4 is 5.32 Å². The molecule has 0 radical (unpaired) electrons. The Balaban J connectivity index is 1.60. The van der Waals surface area contributed by atoms with Crippen molar-refractivity contribution in [3.05, 3.63) is 35.6 Å². The van der Waals surface area contributed by atoms with Crippen molar-refractivity contribution in [2.24, 2.45) is 5.92 Å². The summed E-state index contributed by atoms with van der Waals surface area (Å²) in [5.41, 5.74) is 0.897. The summed E-state index contributed by atoms with van der Waals surface area (Å²) in [6.07, 6.45) is 5.07. The third-order valence-corrected chi connectivity index (χ3v) is 4.43. The van der Waals surface area contributed by atoms with Crippen LogP contribution in [-0.2, 0) is 11.2 Å². The van der Waals surface area contributed by atoms with E-state index >= 15 is 0 Å². The molecule has 21 heavy (non-hydrogen) atoms. The summed E-state index contributed by atoms with van der Waals surface area (Å²) in [4.78, 5) is 14.6. The van der Waals surface area contributed by atoms with Crippen molar-refractivity contribution in [2.45, 2.75) is 38.1 Å². The molecule has 1 amide bonds. The van der Waals surface area contributed by atoms with E-state index in [1.54, 1.807) is 12.1 Å². The molecule has 1 saturated heterocycles.